The summed E-state index contributed by atoms with van der Waals surface area (Å²) in [6.07, 6.45) is -4.60. The maximum Gasteiger partial charge on any atom is 0.573 e. The molecule has 0 saturated carbocycles. The van der Waals surface area contributed by atoms with Gasteiger partial charge in [0, 0.05) is 6.20 Å². The van der Waals surface area contributed by atoms with Gasteiger partial charge < -0.3 is 19.2 Å². The van der Waals surface area contributed by atoms with Crippen molar-refractivity contribution in [3.63, 3.8) is 0 Å². The summed E-state index contributed by atoms with van der Waals surface area (Å²) in [6.45, 7) is 1.60. The first-order valence-corrected chi connectivity index (χ1v) is 5.48. The highest BCUT2D eigenvalue weighted by molar-refractivity contribution is 5.74. The number of esters is 1. The molecule has 0 aliphatic heterocycles. The van der Waals surface area contributed by atoms with Gasteiger partial charge in [0.2, 0.25) is 5.75 Å². The Bertz CT molecular complexity index is 538. The van der Waals surface area contributed by atoms with E-state index in [1.807, 2.05) is 4.98 Å². The molecule has 1 aromatic rings. The van der Waals surface area contributed by atoms with Crippen LogP contribution in [0.1, 0.15) is 12.5 Å². The van der Waals surface area contributed by atoms with Gasteiger partial charge in [-0.05, 0) is 6.92 Å². The van der Waals surface area contributed by atoms with Crippen molar-refractivity contribution in [1.29, 1.82) is 0 Å². The van der Waals surface area contributed by atoms with Gasteiger partial charge in [-0.25, -0.2) is 0 Å². The van der Waals surface area contributed by atoms with Crippen LogP contribution in [0.4, 0.5) is 13.2 Å². The van der Waals surface area contributed by atoms with Gasteiger partial charge in [-0.2, -0.15) is 0 Å². The van der Waals surface area contributed by atoms with Crippen LogP contribution in [-0.2, 0) is 16.0 Å². The van der Waals surface area contributed by atoms with E-state index in [0.29, 0.717) is 0 Å². The molecule has 1 rings (SSSR count). The molecule has 1 heterocycles. The Morgan fingerprint density at radius 3 is 2.55 bits per heavy atom. The number of hydrogen-bond donors (Lipinski definition) is 1. The first-order valence-electron chi connectivity index (χ1n) is 5.48. The summed E-state index contributed by atoms with van der Waals surface area (Å²) in [5.41, 5.74) is -1.45. The number of ether oxygens (including phenoxy) is 3. The van der Waals surface area contributed by atoms with E-state index in [1.54, 1.807) is 6.92 Å². The van der Waals surface area contributed by atoms with Crippen LogP contribution < -0.4 is 15.0 Å². The molecule has 0 bridgehead atoms. The number of aromatic amines is 1. The van der Waals surface area contributed by atoms with Crippen LogP contribution in [0.25, 0.3) is 0 Å². The molecule has 1 N–H and O–H groups in total. The summed E-state index contributed by atoms with van der Waals surface area (Å²) >= 11 is 0. The van der Waals surface area contributed by atoms with Crippen LogP contribution in [0.2, 0.25) is 0 Å². The van der Waals surface area contributed by atoms with E-state index in [4.69, 9.17) is 4.74 Å². The summed E-state index contributed by atoms with van der Waals surface area (Å²) < 4.78 is 50.0. The standard InChI is InChI=1S/C11H12F3NO5/c1-3-19-8(16)4-6-7(18-2)5-15-10(17)9(6)20-11(12,13)14/h5H,3-4H2,1-2H3,(H,15,17). The predicted molar refractivity (Wildman–Crippen MR) is 60.6 cm³/mol. The Hall–Kier alpha value is -2.19. The number of carbonyl (C=O) groups is 1. The number of rotatable bonds is 5. The maximum absolute atomic E-state index is 12.3. The van der Waals surface area contributed by atoms with Crippen LogP contribution >= 0.6 is 0 Å². The fourth-order valence-corrected chi connectivity index (χ4v) is 1.46. The van der Waals surface area contributed by atoms with Crippen LogP contribution in [0.5, 0.6) is 11.5 Å². The second-order valence-electron chi connectivity index (χ2n) is 3.52. The zero-order chi connectivity index (χ0) is 15.3. The van der Waals surface area contributed by atoms with Gasteiger partial charge in [0.25, 0.3) is 5.56 Å². The highest BCUT2D eigenvalue weighted by atomic mass is 19.4. The number of alkyl halides is 3. The van der Waals surface area contributed by atoms with Crippen molar-refractivity contribution in [1.82, 2.24) is 4.98 Å². The van der Waals surface area contributed by atoms with Crippen LogP contribution in [0.15, 0.2) is 11.0 Å². The number of aromatic nitrogens is 1. The molecule has 0 saturated heterocycles. The van der Waals surface area contributed by atoms with E-state index in [0.717, 1.165) is 6.20 Å². The molecule has 0 unspecified atom stereocenters. The maximum atomic E-state index is 12.3. The van der Waals surface area contributed by atoms with Gasteiger partial charge in [-0.3, -0.25) is 9.59 Å². The smallest absolute Gasteiger partial charge is 0.495 e. The normalized spacial score (nSPS) is 11.1. The Morgan fingerprint density at radius 1 is 1.40 bits per heavy atom. The third-order valence-corrected chi connectivity index (χ3v) is 2.18. The molecule has 112 valence electrons. The van der Waals surface area contributed by atoms with Gasteiger partial charge in [-0.15, -0.1) is 13.2 Å². The van der Waals surface area contributed by atoms with E-state index in [1.165, 1.54) is 7.11 Å². The van der Waals surface area contributed by atoms with Gasteiger partial charge >= 0.3 is 12.3 Å². The van der Waals surface area contributed by atoms with Crippen molar-refractivity contribution in [2.24, 2.45) is 0 Å². The van der Waals surface area contributed by atoms with E-state index >= 15 is 0 Å². The molecular formula is C11H12F3NO5. The molecule has 1 aromatic heterocycles. The topological polar surface area (TPSA) is 77.6 Å². The van der Waals surface area contributed by atoms with Crippen molar-refractivity contribution < 1.29 is 32.2 Å². The highest BCUT2D eigenvalue weighted by Crippen LogP contribution is 2.29. The number of carbonyl (C=O) groups excluding carboxylic acids is 1. The van der Waals surface area contributed by atoms with Crippen LogP contribution in [-0.4, -0.2) is 31.0 Å². The predicted octanol–water partition coefficient (Wildman–Crippen LogP) is 1.39. The number of nitrogens with one attached hydrogen (secondary N) is 1. The number of methoxy groups -OCH3 is 1. The molecule has 0 atom stereocenters. The first-order chi connectivity index (χ1) is 9.28. The number of halogens is 3. The minimum atomic E-state index is -5.07. The molecule has 0 fully saturated rings. The molecule has 0 aliphatic carbocycles. The zero-order valence-corrected chi connectivity index (χ0v) is 10.7. The average molecular weight is 295 g/mol. The summed E-state index contributed by atoms with van der Waals surface area (Å²) in [6, 6.07) is 0. The molecule has 0 aromatic carbocycles. The lowest BCUT2D eigenvalue weighted by Gasteiger charge is -2.14. The van der Waals surface area contributed by atoms with Crippen LogP contribution in [0, 0.1) is 0 Å². The first kappa shape index (κ1) is 15.9. The summed E-state index contributed by atoms with van der Waals surface area (Å²) in [5, 5.41) is 0. The lowest BCUT2D eigenvalue weighted by atomic mass is 10.1. The lowest BCUT2D eigenvalue weighted by Crippen LogP contribution is -2.25. The Balaban J connectivity index is 3.25. The number of H-pyrrole nitrogens is 1. The number of pyridine rings is 1. The monoisotopic (exact) mass is 295 g/mol. The van der Waals surface area contributed by atoms with Gasteiger partial charge in [0.15, 0.2) is 0 Å². The minimum Gasteiger partial charge on any atom is -0.495 e. The molecule has 6 nitrogen and oxygen atoms in total. The summed E-state index contributed by atoms with van der Waals surface area (Å²) in [4.78, 5) is 24.8. The van der Waals surface area contributed by atoms with E-state index in [-0.39, 0.29) is 17.9 Å². The molecule has 0 amide bonds. The quantitative estimate of drug-likeness (QED) is 0.831. The fraction of sp³-hybridized carbons (Fsp3) is 0.455. The van der Waals surface area contributed by atoms with Crippen molar-refractivity contribution >= 4 is 5.97 Å². The van der Waals surface area contributed by atoms with Crippen LogP contribution in [0.3, 0.4) is 0 Å². The van der Waals surface area contributed by atoms with E-state index in [9.17, 15) is 22.8 Å². The molecular weight excluding hydrogens is 283 g/mol. The van der Waals surface area contributed by atoms with Gasteiger partial charge in [0.05, 0.1) is 25.7 Å². The third kappa shape index (κ3) is 4.18. The summed E-state index contributed by atoms with van der Waals surface area (Å²) in [5.74, 6) is -1.95. The van der Waals surface area contributed by atoms with Crippen molar-refractivity contribution in [3.8, 4) is 11.5 Å². The molecule has 20 heavy (non-hydrogen) atoms. The van der Waals surface area contributed by atoms with Crippen molar-refractivity contribution in [2.75, 3.05) is 13.7 Å². The lowest BCUT2D eigenvalue weighted by molar-refractivity contribution is -0.275. The van der Waals surface area contributed by atoms with E-state index < -0.39 is 30.1 Å². The molecule has 0 radical (unpaired) electrons. The Morgan fingerprint density at radius 2 is 2.05 bits per heavy atom. The molecule has 0 spiro atoms. The van der Waals surface area contributed by atoms with Crippen molar-refractivity contribution in [3.05, 3.63) is 22.1 Å². The Labute approximate surface area is 111 Å². The average Bonchev–Trinajstić information content (AvgIpc) is 2.33. The van der Waals surface area contributed by atoms with E-state index in [2.05, 4.69) is 9.47 Å². The second kappa shape index (κ2) is 6.31. The second-order valence-corrected chi connectivity index (χ2v) is 3.52. The molecule has 9 heteroatoms. The highest BCUT2D eigenvalue weighted by Gasteiger charge is 2.34. The number of hydrogen-bond acceptors (Lipinski definition) is 5. The SMILES string of the molecule is CCOC(=O)Cc1c(OC)c[nH]c(=O)c1OC(F)(F)F. The molecule has 0 aliphatic rings. The summed E-state index contributed by atoms with van der Waals surface area (Å²) in [7, 11) is 1.18. The fourth-order valence-electron chi connectivity index (χ4n) is 1.46. The Kier molecular flexibility index (Phi) is 5.00. The van der Waals surface area contributed by atoms with Gasteiger partial charge in [-0.1, -0.05) is 0 Å². The zero-order valence-electron chi connectivity index (χ0n) is 10.7. The largest absolute Gasteiger partial charge is 0.573 e. The van der Waals surface area contributed by atoms with Crippen molar-refractivity contribution in [2.45, 2.75) is 19.7 Å². The third-order valence-electron chi connectivity index (χ3n) is 2.18. The minimum absolute atomic E-state index is 0.0554. The van der Waals surface area contributed by atoms with Gasteiger partial charge in [0.1, 0.15) is 5.75 Å².